The van der Waals surface area contributed by atoms with Crippen molar-refractivity contribution < 1.29 is 9.47 Å². The van der Waals surface area contributed by atoms with E-state index in [-0.39, 0.29) is 6.04 Å². The fraction of sp³-hybridized carbons (Fsp3) is 0.294. The Bertz CT molecular complexity index is 591. The molecule has 20 heavy (non-hydrogen) atoms. The highest BCUT2D eigenvalue weighted by Crippen LogP contribution is 2.29. The van der Waals surface area contributed by atoms with Gasteiger partial charge in [-0.05, 0) is 54.3 Å². The van der Waals surface area contributed by atoms with Gasteiger partial charge in [0.2, 0.25) is 0 Å². The Morgan fingerprint density at radius 2 is 1.55 bits per heavy atom. The van der Waals surface area contributed by atoms with Gasteiger partial charge in [-0.1, -0.05) is 18.2 Å². The monoisotopic (exact) mass is 271 g/mol. The van der Waals surface area contributed by atoms with Crippen molar-refractivity contribution in [1.29, 1.82) is 0 Å². The Kier molecular flexibility index (Phi) is 4.30. The smallest absolute Gasteiger partial charge is 0.122 e. The molecule has 0 aromatic heterocycles. The molecule has 0 saturated carbocycles. The first-order chi connectivity index (χ1) is 9.56. The van der Waals surface area contributed by atoms with Gasteiger partial charge in [-0.2, -0.15) is 0 Å². The Balaban J connectivity index is 2.36. The molecular formula is C17H21NO2. The summed E-state index contributed by atoms with van der Waals surface area (Å²) in [6.45, 7) is 4.09. The maximum atomic E-state index is 6.39. The minimum absolute atomic E-state index is 0.148. The molecule has 0 saturated heterocycles. The van der Waals surface area contributed by atoms with Gasteiger partial charge in [0.05, 0.1) is 20.3 Å². The van der Waals surface area contributed by atoms with Crippen molar-refractivity contribution >= 4 is 0 Å². The van der Waals surface area contributed by atoms with E-state index >= 15 is 0 Å². The lowest BCUT2D eigenvalue weighted by Crippen LogP contribution is -2.13. The van der Waals surface area contributed by atoms with Gasteiger partial charge in [-0.25, -0.2) is 0 Å². The highest BCUT2D eigenvalue weighted by molar-refractivity contribution is 5.46. The van der Waals surface area contributed by atoms with Crippen LogP contribution in [-0.2, 0) is 0 Å². The summed E-state index contributed by atoms with van der Waals surface area (Å²) in [6.07, 6.45) is 0. The zero-order chi connectivity index (χ0) is 14.7. The molecule has 3 nitrogen and oxygen atoms in total. The molecule has 106 valence electrons. The molecule has 0 aliphatic rings. The summed E-state index contributed by atoms with van der Waals surface area (Å²) in [5, 5.41) is 0. The molecule has 3 heteroatoms. The van der Waals surface area contributed by atoms with Crippen molar-refractivity contribution in [2.24, 2.45) is 5.73 Å². The van der Waals surface area contributed by atoms with Gasteiger partial charge < -0.3 is 15.2 Å². The molecule has 0 bridgehead atoms. The van der Waals surface area contributed by atoms with E-state index < -0.39 is 0 Å². The fourth-order valence-corrected chi connectivity index (χ4v) is 2.36. The van der Waals surface area contributed by atoms with E-state index in [9.17, 15) is 0 Å². The van der Waals surface area contributed by atoms with Gasteiger partial charge in [0, 0.05) is 0 Å². The highest BCUT2D eigenvalue weighted by atomic mass is 16.5. The van der Waals surface area contributed by atoms with Gasteiger partial charge in [-0.15, -0.1) is 0 Å². The summed E-state index contributed by atoms with van der Waals surface area (Å²) in [5.41, 5.74) is 10.8. The van der Waals surface area contributed by atoms with Gasteiger partial charge >= 0.3 is 0 Å². The number of rotatable bonds is 4. The standard InChI is InChI=1S/C17H21NO2/c1-11-10-16(20-4)12(2)9-15(11)17(18)13-5-7-14(19-3)8-6-13/h5-10,17H,18H2,1-4H3. The van der Waals surface area contributed by atoms with E-state index in [1.165, 1.54) is 0 Å². The van der Waals surface area contributed by atoms with Gasteiger partial charge in [0.15, 0.2) is 0 Å². The van der Waals surface area contributed by atoms with Crippen molar-refractivity contribution in [3.8, 4) is 11.5 Å². The molecule has 2 aromatic carbocycles. The second-order valence-corrected chi connectivity index (χ2v) is 4.93. The highest BCUT2D eigenvalue weighted by Gasteiger charge is 2.14. The van der Waals surface area contributed by atoms with Gasteiger partial charge in [0.25, 0.3) is 0 Å². The molecule has 0 aliphatic heterocycles. The molecule has 1 atom stereocenters. The number of benzene rings is 2. The maximum absolute atomic E-state index is 6.39. The lowest BCUT2D eigenvalue weighted by atomic mass is 9.94. The lowest BCUT2D eigenvalue weighted by molar-refractivity contribution is 0.411. The normalized spacial score (nSPS) is 12.1. The molecule has 2 N–H and O–H groups in total. The number of hydrogen-bond acceptors (Lipinski definition) is 3. The fourth-order valence-electron chi connectivity index (χ4n) is 2.36. The summed E-state index contributed by atoms with van der Waals surface area (Å²) in [7, 11) is 3.34. The Morgan fingerprint density at radius 3 is 2.10 bits per heavy atom. The largest absolute Gasteiger partial charge is 0.497 e. The SMILES string of the molecule is COc1ccc(C(N)c2cc(C)c(OC)cc2C)cc1. The minimum Gasteiger partial charge on any atom is -0.497 e. The van der Waals surface area contributed by atoms with Crippen molar-refractivity contribution in [1.82, 2.24) is 0 Å². The summed E-state index contributed by atoms with van der Waals surface area (Å²) in [6, 6.07) is 11.9. The average Bonchev–Trinajstić information content (AvgIpc) is 2.48. The topological polar surface area (TPSA) is 44.5 Å². The number of nitrogens with two attached hydrogens (primary N) is 1. The van der Waals surface area contributed by atoms with E-state index in [4.69, 9.17) is 15.2 Å². The zero-order valence-electron chi connectivity index (χ0n) is 12.4. The third kappa shape index (κ3) is 2.78. The third-order valence-corrected chi connectivity index (χ3v) is 3.59. The van der Waals surface area contributed by atoms with Crippen LogP contribution in [0.4, 0.5) is 0 Å². The molecule has 0 amide bonds. The summed E-state index contributed by atoms with van der Waals surface area (Å²) < 4.78 is 10.5. The number of aryl methyl sites for hydroxylation is 2. The van der Waals surface area contributed by atoms with Crippen molar-refractivity contribution in [2.45, 2.75) is 19.9 Å². The molecule has 0 heterocycles. The van der Waals surface area contributed by atoms with Crippen molar-refractivity contribution in [3.63, 3.8) is 0 Å². The molecular weight excluding hydrogens is 250 g/mol. The van der Waals surface area contributed by atoms with Crippen LogP contribution in [0.1, 0.15) is 28.3 Å². The van der Waals surface area contributed by atoms with Gasteiger partial charge in [0.1, 0.15) is 11.5 Å². The second-order valence-electron chi connectivity index (χ2n) is 4.93. The number of methoxy groups -OCH3 is 2. The summed E-state index contributed by atoms with van der Waals surface area (Å²) >= 11 is 0. The number of hydrogen-bond donors (Lipinski definition) is 1. The van der Waals surface area contributed by atoms with E-state index in [0.717, 1.165) is 33.8 Å². The van der Waals surface area contributed by atoms with Crippen molar-refractivity contribution in [2.75, 3.05) is 14.2 Å². The molecule has 0 radical (unpaired) electrons. The molecule has 0 fully saturated rings. The summed E-state index contributed by atoms with van der Waals surface area (Å²) in [4.78, 5) is 0. The van der Waals surface area contributed by atoms with Crippen molar-refractivity contribution in [3.05, 3.63) is 58.7 Å². The maximum Gasteiger partial charge on any atom is 0.122 e. The zero-order valence-corrected chi connectivity index (χ0v) is 12.4. The van der Waals surface area contributed by atoms with Gasteiger partial charge in [-0.3, -0.25) is 0 Å². The average molecular weight is 271 g/mol. The van der Waals surface area contributed by atoms with Crippen LogP contribution in [0.5, 0.6) is 11.5 Å². The van der Waals surface area contributed by atoms with Crippen LogP contribution in [0.3, 0.4) is 0 Å². The Morgan fingerprint density at radius 1 is 0.900 bits per heavy atom. The minimum atomic E-state index is -0.148. The quantitative estimate of drug-likeness (QED) is 0.927. The van der Waals surface area contributed by atoms with Crippen LogP contribution in [0, 0.1) is 13.8 Å². The van der Waals surface area contributed by atoms with E-state index in [1.807, 2.05) is 37.3 Å². The van der Waals surface area contributed by atoms with Crippen LogP contribution >= 0.6 is 0 Å². The third-order valence-electron chi connectivity index (χ3n) is 3.59. The predicted octanol–water partition coefficient (Wildman–Crippen LogP) is 3.37. The molecule has 1 unspecified atom stereocenters. The van der Waals surface area contributed by atoms with Crippen LogP contribution in [0.15, 0.2) is 36.4 Å². The molecule has 2 aromatic rings. The van der Waals surface area contributed by atoms with Crippen LogP contribution in [0.2, 0.25) is 0 Å². The van der Waals surface area contributed by atoms with E-state index in [0.29, 0.717) is 0 Å². The first-order valence-electron chi connectivity index (χ1n) is 6.61. The first kappa shape index (κ1) is 14.4. The first-order valence-corrected chi connectivity index (χ1v) is 6.61. The number of ether oxygens (including phenoxy) is 2. The molecule has 2 rings (SSSR count). The lowest BCUT2D eigenvalue weighted by Gasteiger charge is -2.18. The Hall–Kier alpha value is -2.00. The van der Waals surface area contributed by atoms with E-state index in [1.54, 1.807) is 14.2 Å². The summed E-state index contributed by atoms with van der Waals surface area (Å²) in [5.74, 6) is 1.73. The second kappa shape index (κ2) is 5.97. The van der Waals surface area contributed by atoms with Crippen LogP contribution in [0.25, 0.3) is 0 Å². The van der Waals surface area contributed by atoms with E-state index in [2.05, 4.69) is 13.0 Å². The Labute approximate surface area is 120 Å². The van der Waals surface area contributed by atoms with Crippen LogP contribution < -0.4 is 15.2 Å². The predicted molar refractivity (Wildman–Crippen MR) is 81.5 cm³/mol. The van der Waals surface area contributed by atoms with Crippen LogP contribution in [-0.4, -0.2) is 14.2 Å². The molecule has 0 spiro atoms. The molecule has 0 aliphatic carbocycles.